The summed E-state index contributed by atoms with van der Waals surface area (Å²) in [6, 6.07) is -0.0165. The van der Waals surface area contributed by atoms with E-state index >= 15 is 0 Å². The smallest absolute Gasteiger partial charge is 0.319 e. The summed E-state index contributed by atoms with van der Waals surface area (Å²) in [5.74, 6) is 0.296. The number of hydrogen-bond donors (Lipinski definition) is 1. The van der Waals surface area contributed by atoms with Crippen molar-refractivity contribution in [1.82, 2.24) is 14.7 Å². The number of piperidine rings is 1. The normalized spacial score (nSPS) is 26.8. The van der Waals surface area contributed by atoms with Gasteiger partial charge in [-0.3, -0.25) is 4.79 Å². The average molecular weight is 283 g/mol. The van der Waals surface area contributed by atoms with Crippen molar-refractivity contribution in [2.75, 3.05) is 46.9 Å². The number of likely N-dealkylation sites (tertiary alicyclic amines) is 2. The molecule has 0 saturated carbocycles. The van der Waals surface area contributed by atoms with Crippen molar-refractivity contribution in [3.8, 4) is 0 Å². The molecule has 0 aromatic heterocycles. The maximum Gasteiger partial charge on any atom is 0.319 e. The Labute approximate surface area is 120 Å². The maximum absolute atomic E-state index is 12.5. The van der Waals surface area contributed by atoms with Gasteiger partial charge in [0.2, 0.25) is 5.91 Å². The van der Waals surface area contributed by atoms with Crippen molar-refractivity contribution in [3.63, 3.8) is 0 Å². The van der Waals surface area contributed by atoms with E-state index in [-0.39, 0.29) is 30.4 Å². The van der Waals surface area contributed by atoms with Gasteiger partial charge in [0.1, 0.15) is 0 Å². The molecule has 2 aliphatic rings. The summed E-state index contributed by atoms with van der Waals surface area (Å²) >= 11 is 0. The Bertz CT molecular complexity index is 373. The van der Waals surface area contributed by atoms with Crippen molar-refractivity contribution in [3.05, 3.63) is 0 Å². The summed E-state index contributed by atoms with van der Waals surface area (Å²) < 4.78 is 0. The number of rotatable bonds is 2. The van der Waals surface area contributed by atoms with E-state index in [4.69, 9.17) is 5.11 Å². The van der Waals surface area contributed by atoms with E-state index < -0.39 is 0 Å². The van der Waals surface area contributed by atoms with Crippen LogP contribution >= 0.6 is 0 Å². The number of aliphatic hydroxyl groups is 1. The van der Waals surface area contributed by atoms with Crippen LogP contribution in [0.3, 0.4) is 0 Å². The monoisotopic (exact) mass is 283 g/mol. The van der Waals surface area contributed by atoms with Crippen LogP contribution in [0.5, 0.6) is 0 Å². The van der Waals surface area contributed by atoms with E-state index in [2.05, 4.69) is 0 Å². The molecule has 20 heavy (non-hydrogen) atoms. The van der Waals surface area contributed by atoms with Crippen LogP contribution in [0, 0.1) is 11.8 Å². The van der Waals surface area contributed by atoms with E-state index in [0.29, 0.717) is 13.1 Å². The van der Waals surface area contributed by atoms with Gasteiger partial charge in [-0.2, -0.15) is 0 Å². The van der Waals surface area contributed by atoms with Crippen LogP contribution in [0.2, 0.25) is 0 Å². The molecule has 0 aromatic rings. The Kier molecular flexibility index (Phi) is 4.86. The van der Waals surface area contributed by atoms with Gasteiger partial charge >= 0.3 is 6.03 Å². The molecule has 2 heterocycles. The minimum Gasteiger partial charge on any atom is -0.396 e. The van der Waals surface area contributed by atoms with Crippen molar-refractivity contribution in [1.29, 1.82) is 0 Å². The topological polar surface area (TPSA) is 64.1 Å². The molecule has 1 N–H and O–H groups in total. The van der Waals surface area contributed by atoms with E-state index in [0.717, 1.165) is 32.4 Å². The van der Waals surface area contributed by atoms with Gasteiger partial charge in [-0.25, -0.2) is 4.79 Å². The molecule has 114 valence electrons. The first-order valence-electron chi connectivity index (χ1n) is 7.38. The second-order valence-electron chi connectivity index (χ2n) is 6.08. The number of urea groups is 1. The van der Waals surface area contributed by atoms with Crippen LogP contribution in [0.1, 0.15) is 19.3 Å². The Morgan fingerprint density at radius 2 is 1.90 bits per heavy atom. The fourth-order valence-corrected chi connectivity index (χ4v) is 3.08. The van der Waals surface area contributed by atoms with E-state index in [9.17, 15) is 9.59 Å². The van der Waals surface area contributed by atoms with Gasteiger partial charge in [-0.05, 0) is 19.3 Å². The number of carbonyl (C=O) groups excluding carboxylic acids is 2. The predicted molar refractivity (Wildman–Crippen MR) is 75.2 cm³/mol. The van der Waals surface area contributed by atoms with Crippen LogP contribution in [0.15, 0.2) is 0 Å². The molecule has 2 fully saturated rings. The summed E-state index contributed by atoms with van der Waals surface area (Å²) in [7, 11) is 3.47. The van der Waals surface area contributed by atoms with E-state index in [1.165, 1.54) is 0 Å². The van der Waals surface area contributed by atoms with Gasteiger partial charge in [-0.1, -0.05) is 0 Å². The SMILES string of the molecule is CN(C)C(=O)N1CCCC(C(=O)N2CCC(CO)C2)C1. The highest BCUT2D eigenvalue weighted by Gasteiger charge is 2.34. The molecule has 3 amide bonds. The molecule has 0 aromatic carbocycles. The largest absolute Gasteiger partial charge is 0.396 e. The second kappa shape index (κ2) is 6.43. The summed E-state index contributed by atoms with van der Waals surface area (Å²) in [4.78, 5) is 29.7. The molecule has 2 rings (SSSR count). The minimum atomic E-state index is -0.0786. The number of nitrogens with zero attached hydrogens (tertiary/aromatic N) is 3. The third-order valence-corrected chi connectivity index (χ3v) is 4.28. The summed E-state index contributed by atoms with van der Waals surface area (Å²) in [6.07, 6.45) is 2.62. The lowest BCUT2D eigenvalue weighted by Crippen LogP contribution is -2.49. The Morgan fingerprint density at radius 3 is 2.50 bits per heavy atom. The molecule has 2 saturated heterocycles. The average Bonchev–Trinajstić information content (AvgIpc) is 2.94. The van der Waals surface area contributed by atoms with Crippen LogP contribution in [0.4, 0.5) is 4.79 Å². The van der Waals surface area contributed by atoms with Gasteiger partial charge in [0.05, 0.1) is 5.92 Å². The second-order valence-corrected chi connectivity index (χ2v) is 6.08. The van der Waals surface area contributed by atoms with Gasteiger partial charge in [0.15, 0.2) is 0 Å². The lowest BCUT2D eigenvalue weighted by molar-refractivity contribution is -0.136. The molecule has 0 aliphatic carbocycles. The molecule has 2 aliphatic heterocycles. The zero-order chi connectivity index (χ0) is 14.7. The highest BCUT2D eigenvalue weighted by molar-refractivity contribution is 5.81. The molecule has 6 nitrogen and oxygen atoms in total. The van der Waals surface area contributed by atoms with Crippen LogP contribution in [0.25, 0.3) is 0 Å². The van der Waals surface area contributed by atoms with Crippen LogP contribution in [-0.2, 0) is 4.79 Å². The van der Waals surface area contributed by atoms with E-state index in [1.54, 1.807) is 23.9 Å². The molecule has 2 atom stereocenters. The molecular formula is C14H25N3O3. The first kappa shape index (κ1) is 15.1. The highest BCUT2D eigenvalue weighted by atomic mass is 16.3. The Morgan fingerprint density at radius 1 is 1.15 bits per heavy atom. The van der Waals surface area contributed by atoms with Crippen molar-refractivity contribution in [2.45, 2.75) is 19.3 Å². The first-order chi connectivity index (χ1) is 9.52. The number of carbonyl (C=O) groups is 2. The zero-order valence-electron chi connectivity index (χ0n) is 12.4. The highest BCUT2D eigenvalue weighted by Crippen LogP contribution is 2.23. The van der Waals surface area contributed by atoms with Gasteiger partial charge in [0, 0.05) is 52.8 Å². The van der Waals surface area contributed by atoms with Crippen molar-refractivity contribution < 1.29 is 14.7 Å². The van der Waals surface area contributed by atoms with Crippen molar-refractivity contribution >= 4 is 11.9 Å². The van der Waals surface area contributed by atoms with Gasteiger partial charge in [-0.15, -0.1) is 0 Å². The minimum absolute atomic E-state index is 0.0165. The zero-order valence-corrected chi connectivity index (χ0v) is 12.4. The van der Waals surface area contributed by atoms with Crippen molar-refractivity contribution in [2.24, 2.45) is 11.8 Å². The number of amides is 3. The maximum atomic E-state index is 12.5. The summed E-state index contributed by atoms with van der Waals surface area (Å²) in [5.41, 5.74) is 0. The number of aliphatic hydroxyl groups excluding tert-OH is 1. The third-order valence-electron chi connectivity index (χ3n) is 4.28. The predicted octanol–water partition coefficient (Wildman–Crippen LogP) is 0.221. The third kappa shape index (κ3) is 3.23. The fraction of sp³-hybridized carbons (Fsp3) is 0.857. The number of hydrogen-bond acceptors (Lipinski definition) is 3. The first-order valence-corrected chi connectivity index (χ1v) is 7.38. The summed E-state index contributed by atoms with van der Waals surface area (Å²) in [6.45, 7) is 2.81. The molecular weight excluding hydrogens is 258 g/mol. The molecule has 2 unspecified atom stereocenters. The quantitative estimate of drug-likeness (QED) is 0.788. The molecule has 0 spiro atoms. The Hall–Kier alpha value is -1.30. The fourth-order valence-electron chi connectivity index (χ4n) is 3.08. The summed E-state index contributed by atoms with van der Waals surface area (Å²) in [5, 5.41) is 9.16. The van der Waals surface area contributed by atoms with E-state index in [1.807, 2.05) is 4.90 Å². The van der Waals surface area contributed by atoms with Crippen LogP contribution < -0.4 is 0 Å². The molecule has 0 radical (unpaired) electrons. The molecule has 0 bridgehead atoms. The van der Waals surface area contributed by atoms with Gasteiger partial charge < -0.3 is 19.8 Å². The van der Waals surface area contributed by atoms with Gasteiger partial charge in [0.25, 0.3) is 0 Å². The standard InChI is InChI=1S/C14H25N3O3/c1-15(2)14(20)17-6-3-4-12(9-17)13(19)16-7-5-11(8-16)10-18/h11-12,18H,3-10H2,1-2H3. The lowest BCUT2D eigenvalue weighted by Gasteiger charge is -2.35. The Balaban J connectivity index is 1.92. The van der Waals surface area contributed by atoms with Crippen LogP contribution in [-0.4, -0.2) is 78.6 Å². The molecule has 6 heteroatoms. The lowest BCUT2D eigenvalue weighted by atomic mass is 9.97.